The number of hydrogen-bond acceptors (Lipinski definition) is 3. The largest absolute Gasteiger partial charge is 0.496 e. The topological polar surface area (TPSA) is 32.7 Å². The molecule has 1 unspecified atom stereocenters. The van der Waals surface area contributed by atoms with Crippen LogP contribution in [0.5, 0.6) is 5.75 Å². The highest BCUT2D eigenvalue weighted by Crippen LogP contribution is 2.31. The van der Waals surface area contributed by atoms with Crippen molar-refractivity contribution in [2.75, 3.05) is 33.4 Å². The molecule has 1 rings (SSSR count). The van der Waals surface area contributed by atoms with Crippen molar-refractivity contribution in [3.8, 4) is 5.75 Å². The van der Waals surface area contributed by atoms with Gasteiger partial charge >= 0.3 is 0 Å². The maximum absolute atomic E-state index is 8.99. The molecule has 1 N–H and O–H groups in total. The maximum Gasteiger partial charge on any atom is 0.123 e. The second-order valence-electron chi connectivity index (χ2n) is 4.33. The Morgan fingerprint density at radius 2 is 2.17 bits per heavy atom. The molecule has 3 nitrogen and oxygen atoms in total. The average Bonchev–Trinajstić information content (AvgIpc) is 2.38. The number of aliphatic hydroxyl groups is 1. The van der Waals surface area contributed by atoms with Crippen LogP contribution in [-0.4, -0.2) is 43.4 Å². The molecule has 0 radical (unpaired) electrons. The van der Waals surface area contributed by atoms with E-state index in [-0.39, 0.29) is 12.0 Å². The first-order valence-electron chi connectivity index (χ1n) is 6.24. The summed E-state index contributed by atoms with van der Waals surface area (Å²) in [5, 5.41) is 8.85. The summed E-state index contributed by atoms with van der Waals surface area (Å²) < 4.78 is 5.34. The fourth-order valence-electron chi connectivity index (χ4n) is 1.94. The minimum absolute atomic E-state index is 0.133. The van der Waals surface area contributed by atoms with E-state index in [2.05, 4.69) is 17.9 Å². The first-order valence-corrected chi connectivity index (χ1v) is 6.67. The van der Waals surface area contributed by atoms with Gasteiger partial charge in [-0.1, -0.05) is 24.6 Å². The molecule has 0 spiro atoms. The van der Waals surface area contributed by atoms with Crippen molar-refractivity contribution in [1.29, 1.82) is 0 Å². The van der Waals surface area contributed by atoms with Crippen LogP contribution < -0.4 is 4.74 Å². The number of benzene rings is 1. The SMILES string of the molecule is CCN(CCO)CC(Cl)c1cc(C)ccc1OC. The molecule has 0 saturated heterocycles. The molecule has 4 heteroatoms. The van der Waals surface area contributed by atoms with E-state index < -0.39 is 0 Å². The third-order valence-corrected chi connectivity index (χ3v) is 3.38. The molecule has 0 amide bonds. The standard InChI is InChI=1S/C14H22ClNO2/c1-4-16(7-8-17)10-13(15)12-9-11(2)5-6-14(12)18-3/h5-6,9,13,17H,4,7-8,10H2,1-3H3. The van der Waals surface area contributed by atoms with Crippen LogP contribution in [0, 0.1) is 6.92 Å². The summed E-state index contributed by atoms with van der Waals surface area (Å²) in [6.45, 7) is 6.48. The lowest BCUT2D eigenvalue weighted by atomic mass is 10.1. The number of aryl methyl sites for hydroxylation is 1. The highest BCUT2D eigenvalue weighted by atomic mass is 35.5. The summed E-state index contributed by atoms with van der Waals surface area (Å²) in [6, 6.07) is 6.02. The summed E-state index contributed by atoms with van der Waals surface area (Å²) in [4.78, 5) is 2.12. The second kappa shape index (κ2) is 7.62. The molecular formula is C14H22ClNO2. The van der Waals surface area contributed by atoms with Gasteiger partial charge in [-0.25, -0.2) is 0 Å². The zero-order valence-electron chi connectivity index (χ0n) is 11.3. The van der Waals surface area contributed by atoms with Crippen LogP contribution in [-0.2, 0) is 0 Å². The van der Waals surface area contributed by atoms with Crippen LogP contribution in [0.3, 0.4) is 0 Å². The van der Waals surface area contributed by atoms with Crippen LogP contribution in [0.4, 0.5) is 0 Å². The summed E-state index contributed by atoms with van der Waals surface area (Å²) in [7, 11) is 1.66. The van der Waals surface area contributed by atoms with Crippen molar-refractivity contribution in [1.82, 2.24) is 4.90 Å². The number of likely N-dealkylation sites (N-methyl/N-ethyl adjacent to an activating group) is 1. The van der Waals surface area contributed by atoms with E-state index in [1.165, 1.54) is 5.56 Å². The Morgan fingerprint density at radius 1 is 1.44 bits per heavy atom. The second-order valence-corrected chi connectivity index (χ2v) is 4.86. The van der Waals surface area contributed by atoms with Gasteiger partial charge in [-0.3, -0.25) is 4.90 Å². The lowest BCUT2D eigenvalue weighted by Crippen LogP contribution is -2.30. The lowest BCUT2D eigenvalue weighted by Gasteiger charge is -2.23. The van der Waals surface area contributed by atoms with Crippen molar-refractivity contribution in [2.45, 2.75) is 19.2 Å². The predicted molar refractivity (Wildman–Crippen MR) is 75.5 cm³/mol. The number of methoxy groups -OCH3 is 1. The van der Waals surface area contributed by atoms with E-state index in [9.17, 15) is 0 Å². The number of rotatable bonds is 7. The van der Waals surface area contributed by atoms with Crippen molar-refractivity contribution in [3.05, 3.63) is 29.3 Å². The normalized spacial score (nSPS) is 12.8. The van der Waals surface area contributed by atoms with Gasteiger partial charge in [-0.2, -0.15) is 0 Å². The van der Waals surface area contributed by atoms with Crippen LogP contribution in [0.25, 0.3) is 0 Å². The molecule has 18 heavy (non-hydrogen) atoms. The molecule has 0 heterocycles. The quantitative estimate of drug-likeness (QED) is 0.774. The molecule has 0 aromatic heterocycles. The first kappa shape index (κ1) is 15.3. The molecule has 1 atom stereocenters. The molecule has 0 aliphatic rings. The Kier molecular flexibility index (Phi) is 6.47. The number of hydrogen-bond donors (Lipinski definition) is 1. The number of halogens is 1. The zero-order chi connectivity index (χ0) is 13.5. The van der Waals surface area contributed by atoms with Crippen LogP contribution in [0.15, 0.2) is 18.2 Å². The highest BCUT2D eigenvalue weighted by Gasteiger charge is 2.16. The molecule has 0 saturated carbocycles. The van der Waals surface area contributed by atoms with Crippen molar-refractivity contribution >= 4 is 11.6 Å². The third-order valence-electron chi connectivity index (χ3n) is 3.00. The Labute approximate surface area is 114 Å². The van der Waals surface area contributed by atoms with E-state index >= 15 is 0 Å². The summed E-state index contributed by atoms with van der Waals surface area (Å²) in [5.74, 6) is 0.820. The molecule has 0 aliphatic carbocycles. The van der Waals surface area contributed by atoms with Crippen LogP contribution in [0.2, 0.25) is 0 Å². The van der Waals surface area contributed by atoms with Crippen molar-refractivity contribution in [3.63, 3.8) is 0 Å². The van der Waals surface area contributed by atoms with Gasteiger partial charge in [0.15, 0.2) is 0 Å². The highest BCUT2D eigenvalue weighted by molar-refractivity contribution is 6.21. The molecular weight excluding hydrogens is 250 g/mol. The van der Waals surface area contributed by atoms with Gasteiger partial charge in [0.2, 0.25) is 0 Å². The molecule has 102 valence electrons. The number of nitrogens with zero attached hydrogens (tertiary/aromatic N) is 1. The zero-order valence-corrected chi connectivity index (χ0v) is 12.1. The molecule has 1 aromatic rings. The van der Waals surface area contributed by atoms with Gasteiger partial charge in [0.1, 0.15) is 5.75 Å². The van der Waals surface area contributed by atoms with Gasteiger partial charge in [0.05, 0.1) is 19.1 Å². The van der Waals surface area contributed by atoms with Gasteiger partial charge in [0.25, 0.3) is 0 Å². The summed E-state index contributed by atoms with van der Waals surface area (Å²) in [5.41, 5.74) is 2.18. The minimum Gasteiger partial charge on any atom is -0.496 e. The fraction of sp³-hybridized carbons (Fsp3) is 0.571. The third kappa shape index (κ3) is 4.16. The average molecular weight is 272 g/mol. The first-order chi connectivity index (χ1) is 8.62. The Bertz CT molecular complexity index is 371. The van der Waals surface area contributed by atoms with Crippen molar-refractivity contribution in [2.24, 2.45) is 0 Å². The Morgan fingerprint density at radius 3 is 2.72 bits per heavy atom. The van der Waals surface area contributed by atoms with Crippen LogP contribution >= 0.6 is 11.6 Å². The molecule has 0 aliphatic heterocycles. The van der Waals surface area contributed by atoms with E-state index in [1.54, 1.807) is 7.11 Å². The fourth-order valence-corrected chi connectivity index (χ4v) is 2.31. The van der Waals surface area contributed by atoms with Gasteiger partial charge < -0.3 is 9.84 Å². The monoisotopic (exact) mass is 271 g/mol. The summed E-state index contributed by atoms with van der Waals surface area (Å²) >= 11 is 6.47. The van der Waals surface area contributed by atoms with E-state index in [0.717, 1.165) is 17.9 Å². The van der Waals surface area contributed by atoms with E-state index in [4.69, 9.17) is 21.4 Å². The summed E-state index contributed by atoms with van der Waals surface area (Å²) in [6.07, 6.45) is 0. The van der Waals surface area contributed by atoms with E-state index in [0.29, 0.717) is 13.1 Å². The number of aliphatic hydroxyl groups excluding tert-OH is 1. The van der Waals surface area contributed by atoms with Gasteiger partial charge in [0, 0.05) is 18.7 Å². The molecule has 0 fully saturated rings. The van der Waals surface area contributed by atoms with E-state index in [1.807, 2.05) is 19.1 Å². The van der Waals surface area contributed by atoms with Crippen molar-refractivity contribution < 1.29 is 9.84 Å². The minimum atomic E-state index is -0.133. The maximum atomic E-state index is 8.99. The smallest absolute Gasteiger partial charge is 0.123 e. The number of ether oxygens (including phenoxy) is 1. The predicted octanol–water partition coefficient (Wildman–Crippen LogP) is 2.60. The van der Waals surface area contributed by atoms with Crippen LogP contribution in [0.1, 0.15) is 23.4 Å². The Balaban J connectivity index is 2.81. The van der Waals surface area contributed by atoms with Gasteiger partial charge in [-0.05, 0) is 19.5 Å². The number of alkyl halides is 1. The molecule has 1 aromatic carbocycles. The Hall–Kier alpha value is -0.770. The van der Waals surface area contributed by atoms with Gasteiger partial charge in [-0.15, -0.1) is 11.6 Å². The lowest BCUT2D eigenvalue weighted by molar-refractivity contribution is 0.201. The molecule has 0 bridgehead atoms.